The zero-order valence-corrected chi connectivity index (χ0v) is 14.2. The van der Waals surface area contributed by atoms with Gasteiger partial charge in [0.15, 0.2) is 0 Å². The number of carbonyl (C=O) groups is 2. The number of esters is 2. The molecule has 2 aromatic carbocycles. The number of hydrogen-bond donors (Lipinski definition) is 1. The molecule has 2 rings (SSSR count). The highest BCUT2D eigenvalue weighted by Gasteiger charge is 2.13. The fourth-order valence-corrected chi connectivity index (χ4v) is 3.48. The lowest BCUT2D eigenvalue weighted by Crippen LogP contribution is -2.05. The Balaban J connectivity index is 2.07. The zero-order chi connectivity index (χ0) is 16.7. The first-order valence-electron chi connectivity index (χ1n) is 6.60. The molecule has 0 aromatic heterocycles. The first-order chi connectivity index (χ1) is 11.2. The van der Waals surface area contributed by atoms with Crippen LogP contribution >= 0.6 is 23.9 Å². The van der Waals surface area contributed by atoms with Crippen LogP contribution in [0, 0.1) is 0 Å². The van der Waals surface area contributed by atoms with Gasteiger partial charge in [0.25, 0.3) is 0 Å². The third kappa shape index (κ3) is 4.51. The van der Waals surface area contributed by atoms with Gasteiger partial charge in [-0.2, -0.15) is 4.13 Å². The van der Waals surface area contributed by atoms with Gasteiger partial charge in [-0.05, 0) is 48.2 Å². The highest BCUT2D eigenvalue weighted by molar-refractivity contribution is 8.12. The molecule has 2 aromatic rings. The molecule has 0 atom stereocenters. The van der Waals surface area contributed by atoms with Crippen LogP contribution in [0.2, 0.25) is 0 Å². The second-order valence-corrected chi connectivity index (χ2v) is 6.22. The maximum Gasteiger partial charge on any atom is 0.339 e. The molecule has 0 unspecified atom stereocenters. The summed E-state index contributed by atoms with van der Waals surface area (Å²) in [6, 6.07) is 14.2. The van der Waals surface area contributed by atoms with Crippen LogP contribution in [0.5, 0.6) is 0 Å². The molecule has 0 aliphatic heterocycles. The first kappa shape index (κ1) is 17.4. The summed E-state index contributed by atoms with van der Waals surface area (Å²) < 4.78 is 12.6. The van der Waals surface area contributed by atoms with Gasteiger partial charge in [-0.15, -0.1) is 0 Å². The Morgan fingerprint density at radius 2 is 1.17 bits per heavy atom. The van der Waals surface area contributed by atoms with Gasteiger partial charge >= 0.3 is 11.9 Å². The summed E-state index contributed by atoms with van der Waals surface area (Å²) in [5, 5.41) is 0. The standard InChI is InChI=1S/C16H15NO4S2/c1-20-15(18)11-7-3-5-9-13(11)22-17-23-14-10-6-4-8-12(14)16(19)21-2/h3-10,17H,1-2H3. The lowest BCUT2D eigenvalue weighted by molar-refractivity contribution is 0.0588. The predicted octanol–water partition coefficient (Wildman–Crippen LogP) is 3.56. The monoisotopic (exact) mass is 349 g/mol. The van der Waals surface area contributed by atoms with Crippen LogP contribution in [0.15, 0.2) is 58.3 Å². The molecule has 0 amide bonds. The van der Waals surface area contributed by atoms with E-state index in [-0.39, 0.29) is 0 Å². The van der Waals surface area contributed by atoms with Crippen molar-refractivity contribution in [2.45, 2.75) is 9.79 Å². The number of hydrogen-bond acceptors (Lipinski definition) is 7. The highest BCUT2D eigenvalue weighted by atomic mass is 32.2. The Labute approximate surface area is 143 Å². The van der Waals surface area contributed by atoms with Gasteiger partial charge in [-0.25, -0.2) is 9.59 Å². The molecule has 5 nitrogen and oxygen atoms in total. The van der Waals surface area contributed by atoms with Crippen molar-refractivity contribution in [3.63, 3.8) is 0 Å². The molecule has 0 radical (unpaired) electrons. The van der Waals surface area contributed by atoms with Gasteiger partial charge in [0.2, 0.25) is 0 Å². The molecule has 0 aliphatic carbocycles. The Hall–Kier alpha value is -1.96. The average molecular weight is 349 g/mol. The Kier molecular flexibility index (Phi) is 6.52. The Morgan fingerprint density at radius 1 is 0.783 bits per heavy atom. The van der Waals surface area contributed by atoms with Gasteiger partial charge in [0.1, 0.15) is 0 Å². The van der Waals surface area contributed by atoms with E-state index in [1.807, 2.05) is 24.3 Å². The lowest BCUT2D eigenvalue weighted by atomic mass is 10.2. The molecule has 0 saturated heterocycles. The van der Waals surface area contributed by atoms with Gasteiger partial charge in [0, 0.05) is 9.79 Å². The number of benzene rings is 2. The molecule has 0 spiro atoms. The molecule has 0 heterocycles. The molecule has 1 N–H and O–H groups in total. The van der Waals surface area contributed by atoms with Crippen molar-refractivity contribution < 1.29 is 19.1 Å². The van der Waals surface area contributed by atoms with E-state index >= 15 is 0 Å². The maximum atomic E-state index is 11.7. The van der Waals surface area contributed by atoms with Crippen molar-refractivity contribution in [1.29, 1.82) is 0 Å². The van der Waals surface area contributed by atoms with Crippen LogP contribution in [-0.4, -0.2) is 26.2 Å². The summed E-state index contributed by atoms with van der Waals surface area (Å²) in [7, 11) is 2.69. The largest absolute Gasteiger partial charge is 0.465 e. The van der Waals surface area contributed by atoms with Crippen LogP contribution < -0.4 is 4.13 Å². The van der Waals surface area contributed by atoms with Crippen molar-refractivity contribution in [2.75, 3.05) is 14.2 Å². The molecule has 0 bridgehead atoms. The second-order valence-electron chi connectivity index (χ2n) is 4.26. The molecular weight excluding hydrogens is 334 g/mol. The number of rotatable bonds is 6. The van der Waals surface area contributed by atoms with E-state index in [0.29, 0.717) is 11.1 Å². The number of nitrogens with one attached hydrogen (secondary N) is 1. The molecule has 120 valence electrons. The van der Waals surface area contributed by atoms with Crippen LogP contribution in [0.3, 0.4) is 0 Å². The summed E-state index contributed by atoms with van der Waals surface area (Å²) >= 11 is 2.55. The first-order valence-corrected chi connectivity index (χ1v) is 8.24. The summed E-state index contributed by atoms with van der Waals surface area (Å²) in [6.45, 7) is 0. The predicted molar refractivity (Wildman–Crippen MR) is 90.4 cm³/mol. The summed E-state index contributed by atoms with van der Waals surface area (Å²) in [4.78, 5) is 24.9. The fraction of sp³-hybridized carbons (Fsp3) is 0.125. The third-order valence-electron chi connectivity index (χ3n) is 2.89. The van der Waals surface area contributed by atoms with Crippen molar-refractivity contribution in [2.24, 2.45) is 0 Å². The normalized spacial score (nSPS) is 10.2. The SMILES string of the molecule is COC(=O)c1ccccc1SNSc1ccccc1C(=O)OC. The van der Waals surface area contributed by atoms with E-state index in [4.69, 9.17) is 9.47 Å². The molecule has 7 heteroatoms. The lowest BCUT2D eigenvalue weighted by Gasteiger charge is -2.09. The van der Waals surface area contributed by atoms with Crippen LogP contribution in [0.25, 0.3) is 0 Å². The quantitative estimate of drug-likeness (QED) is 0.632. The third-order valence-corrected chi connectivity index (χ3v) is 4.71. The summed E-state index contributed by atoms with van der Waals surface area (Å²) in [5.41, 5.74) is 0.962. The van der Waals surface area contributed by atoms with E-state index in [2.05, 4.69) is 4.13 Å². The molecule has 23 heavy (non-hydrogen) atoms. The smallest absolute Gasteiger partial charge is 0.339 e. The van der Waals surface area contributed by atoms with Gasteiger partial charge in [-0.1, -0.05) is 24.3 Å². The summed E-state index contributed by atoms with van der Waals surface area (Å²) in [5.74, 6) is -0.787. The number of ether oxygens (including phenoxy) is 2. The van der Waals surface area contributed by atoms with Crippen molar-refractivity contribution in [3.8, 4) is 0 Å². The Morgan fingerprint density at radius 3 is 1.57 bits per heavy atom. The van der Waals surface area contributed by atoms with Crippen LogP contribution in [0.4, 0.5) is 0 Å². The van der Waals surface area contributed by atoms with Gasteiger partial charge in [0.05, 0.1) is 25.3 Å². The van der Waals surface area contributed by atoms with Crippen molar-refractivity contribution in [1.82, 2.24) is 4.13 Å². The molecule has 0 aliphatic rings. The molecular formula is C16H15NO4S2. The minimum atomic E-state index is -0.394. The van der Waals surface area contributed by atoms with Crippen molar-refractivity contribution >= 4 is 35.8 Å². The second kappa shape index (κ2) is 8.61. The number of carbonyl (C=O) groups excluding carboxylic acids is 2. The van der Waals surface area contributed by atoms with Crippen LogP contribution in [0.1, 0.15) is 20.7 Å². The molecule has 0 saturated carbocycles. The van der Waals surface area contributed by atoms with E-state index in [1.54, 1.807) is 24.3 Å². The van der Waals surface area contributed by atoms with Gasteiger partial charge in [-0.3, -0.25) is 0 Å². The van der Waals surface area contributed by atoms with E-state index in [9.17, 15) is 9.59 Å². The van der Waals surface area contributed by atoms with E-state index in [1.165, 1.54) is 38.1 Å². The van der Waals surface area contributed by atoms with E-state index in [0.717, 1.165) is 9.79 Å². The average Bonchev–Trinajstić information content (AvgIpc) is 2.61. The number of methoxy groups -OCH3 is 2. The highest BCUT2D eigenvalue weighted by Crippen LogP contribution is 2.27. The van der Waals surface area contributed by atoms with Crippen molar-refractivity contribution in [3.05, 3.63) is 59.7 Å². The summed E-state index contributed by atoms with van der Waals surface area (Å²) in [6.07, 6.45) is 0. The van der Waals surface area contributed by atoms with E-state index < -0.39 is 11.9 Å². The molecule has 0 fully saturated rings. The van der Waals surface area contributed by atoms with Crippen LogP contribution in [-0.2, 0) is 9.47 Å². The minimum absolute atomic E-state index is 0.394. The minimum Gasteiger partial charge on any atom is -0.465 e. The Bertz CT molecular complexity index is 646. The zero-order valence-electron chi connectivity index (χ0n) is 12.6. The maximum absolute atomic E-state index is 11.7. The fourth-order valence-electron chi connectivity index (χ4n) is 1.78. The van der Waals surface area contributed by atoms with Gasteiger partial charge < -0.3 is 9.47 Å². The topological polar surface area (TPSA) is 64.6 Å².